The van der Waals surface area contributed by atoms with E-state index in [0.717, 1.165) is 0 Å². The molecule has 1 aliphatic heterocycles. The molecule has 1 aliphatic rings. The Morgan fingerprint density at radius 3 is 2.32 bits per heavy atom. The molecule has 0 radical (unpaired) electrons. The van der Waals surface area contributed by atoms with Gasteiger partial charge in [-0.25, -0.2) is 0 Å². The number of rotatable bonds is 4. The number of amides is 1. The molecule has 110 valence electrons. The van der Waals surface area contributed by atoms with E-state index in [-0.39, 0.29) is 19.5 Å². The lowest BCUT2D eigenvalue weighted by molar-refractivity contribution is -0.216. The number of alkyl halides is 3. The molecular weight excluding hydrogens is 265 g/mol. The number of carbonyl (C=O) groups excluding carboxylic acids is 1. The molecule has 0 saturated carbocycles. The van der Waals surface area contributed by atoms with E-state index in [4.69, 9.17) is 5.11 Å². The van der Waals surface area contributed by atoms with Gasteiger partial charge in [0.1, 0.15) is 0 Å². The van der Waals surface area contributed by atoms with Crippen LogP contribution in [0.25, 0.3) is 0 Å². The number of hydrogen-bond donors (Lipinski definition) is 3. The largest absolute Gasteiger partial charge is 0.481 e. The van der Waals surface area contributed by atoms with E-state index in [1.807, 2.05) is 0 Å². The van der Waals surface area contributed by atoms with Crippen LogP contribution in [0.4, 0.5) is 13.2 Å². The van der Waals surface area contributed by atoms with Crippen LogP contribution < -0.4 is 10.6 Å². The van der Waals surface area contributed by atoms with E-state index in [0.29, 0.717) is 0 Å². The van der Waals surface area contributed by atoms with Crippen molar-refractivity contribution in [2.75, 3.05) is 19.6 Å². The number of aliphatic carboxylic acids is 1. The number of carboxylic acids is 1. The monoisotopic (exact) mass is 282 g/mol. The summed E-state index contributed by atoms with van der Waals surface area (Å²) in [6.07, 6.45) is -5.00. The van der Waals surface area contributed by atoms with Crippen LogP contribution in [-0.2, 0) is 9.59 Å². The minimum absolute atomic E-state index is 0.106. The molecule has 0 bridgehead atoms. The second-order valence-corrected chi connectivity index (χ2v) is 5.38. The molecule has 0 aromatic rings. The van der Waals surface area contributed by atoms with Crippen molar-refractivity contribution in [1.29, 1.82) is 0 Å². The van der Waals surface area contributed by atoms with Crippen LogP contribution in [0, 0.1) is 10.8 Å². The van der Waals surface area contributed by atoms with Gasteiger partial charge < -0.3 is 15.7 Å². The molecule has 1 fully saturated rings. The third kappa shape index (κ3) is 2.99. The number of halogens is 3. The van der Waals surface area contributed by atoms with Crippen LogP contribution in [0.1, 0.15) is 20.3 Å². The Morgan fingerprint density at radius 1 is 1.37 bits per heavy atom. The summed E-state index contributed by atoms with van der Waals surface area (Å²) in [7, 11) is 0. The van der Waals surface area contributed by atoms with Crippen LogP contribution in [0.15, 0.2) is 0 Å². The molecule has 0 aliphatic carbocycles. The number of carbonyl (C=O) groups is 2. The highest BCUT2D eigenvalue weighted by Crippen LogP contribution is 2.43. The van der Waals surface area contributed by atoms with Gasteiger partial charge in [-0.3, -0.25) is 9.59 Å². The summed E-state index contributed by atoms with van der Waals surface area (Å²) in [6, 6.07) is 0. The molecule has 1 unspecified atom stereocenters. The van der Waals surface area contributed by atoms with E-state index >= 15 is 0 Å². The Labute approximate surface area is 108 Å². The first-order valence-electron chi connectivity index (χ1n) is 5.82. The molecule has 3 N–H and O–H groups in total. The fraction of sp³-hybridized carbons (Fsp3) is 0.818. The predicted molar refractivity (Wildman–Crippen MR) is 60.4 cm³/mol. The minimum atomic E-state index is -4.66. The van der Waals surface area contributed by atoms with Gasteiger partial charge in [-0.05, 0) is 26.8 Å². The van der Waals surface area contributed by atoms with Crippen molar-refractivity contribution in [2.45, 2.75) is 26.4 Å². The summed E-state index contributed by atoms with van der Waals surface area (Å²) in [5, 5.41) is 13.5. The quantitative estimate of drug-likeness (QED) is 0.711. The zero-order valence-corrected chi connectivity index (χ0v) is 10.7. The maximum atomic E-state index is 13.0. The summed E-state index contributed by atoms with van der Waals surface area (Å²) in [4.78, 5) is 22.7. The van der Waals surface area contributed by atoms with Crippen molar-refractivity contribution < 1.29 is 27.9 Å². The van der Waals surface area contributed by atoms with Crippen LogP contribution in [0.3, 0.4) is 0 Å². The summed E-state index contributed by atoms with van der Waals surface area (Å²) >= 11 is 0. The van der Waals surface area contributed by atoms with Gasteiger partial charge in [0.2, 0.25) is 5.91 Å². The number of nitrogens with one attached hydrogen (secondary N) is 2. The molecule has 1 heterocycles. The first-order valence-corrected chi connectivity index (χ1v) is 5.82. The molecular formula is C11H17F3N2O3. The fourth-order valence-corrected chi connectivity index (χ4v) is 1.80. The molecule has 1 amide bonds. The topological polar surface area (TPSA) is 78.4 Å². The lowest BCUT2D eigenvalue weighted by Gasteiger charge is -2.30. The van der Waals surface area contributed by atoms with Gasteiger partial charge >= 0.3 is 12.1 Å². The third-order valence-corrected chi connectivity index (χ3v) is 3.40. The molecule has 0 aromatic carbocycles. The summed E-state index contributed by atoms with van der Waals surface area (Å²) in [6.45, 7) is 1.95. The van der Waals surface area contributed by atoms with Gasteiger partial charge in [0.25, 0.3) is 0 Å². The van der Waals surface area contributed by atoms with Gasteiger partial charge in [0.05, 0.1) is 5.41 Å². The normalized spacial score (nSPS) is 24.3. The van der Waals surface area contributed by atoms with E-state index in [1.165, 1.54) is 13.8 Å². The first-order chi connectivity index (χ1) is 8.53. The molecule has 1 saturated heterocycles. The second-order valence-electron chi connectivity index (χ2n) is 5.38. The predicted octanol–water partition coefficient (Wildman–Crippen LogP) is 0.755. The average molecular weight is 282 g/mol. The standard InChI is InChI=1S/C11H17F3N2O3/c1-9(2,8(18)19)5-16-7(17)10(11(12,13)14)3-4-15-6-10/h15H,3-6H2,1-2H3,(H,16,17)(H,18,19). The number of carboxylic acid groups (broad SMARTS) is 1. The van der Waals surface area contributed by atoms with Crippen molar-refractivity contribution in [3.8, 4) is 0 Å². The number of hydrogen-bond acceptors (Lipinski definition) is 3. The average Bonchev–Trinajstić information content (AvgIpc) is 2.75. The van der Waals surface area contributed by atoms with E-state index in [2.05, 4.69) is 10.6 Å². The maximum absolute atomic E-state index is 13.0. The minimum Gasteiger partial charge on any atom is -0.481 e. The van der Waals surface area contributed by atoms with E-state index < -0.39 is 35.4 Å². The summed E-state index contributed by atoms with van der Waals surface area (Å²) < 4.78 is 39.1. The van der Waals surface area contributed by atoms with Crippen molar-refractivity contribution >= 4 is 11.9 Å². The zero-order chi connectivity index (χ0) is 14.9. The lowest BCUT2D eigenvalue weighted by Crippen LogP contribution is -2.54. The summed E-state index contributed by atoms with van der Waals surface area (Å²) in [5.41, 5.74) is -3.77. The Morgan fingerprint density at radius 2 is 1.95 bits per heavy atom. The van der Waals surface area contributed by atoms with Crippen LogP contribution in [0.2, 0.25) is 0 Å². The Balaban J connectivity index is 2.79. The van der Waals surface area contributed by atoms with Crippen LogP contribution in [0.5, 0.6) is 0 Å². The Hall–Kier alpha value is -1.31. The Bertz CT molecular complexity index is 374. The molecule has 5 nitrogen and oxygen atoms in total. The van der Waals surface area contributed by atoms with Gasteiger partial charge in [-0.1, -0.05) is 0 Å². The first kappa shape index (κ1) is 15.7. The zero-order valence-electron chi connectivity index (χ0n) is 10.7. The third-order valence-electron chi connectivity index (χ3n) is 3.40. The van der Waals surface area contributed by atoms with Gasteiger partial charge in [-0.15, -0.1) is 0 Å². The highest BCUT2D eigenvalue weighted by Gasteiger charge is 2.61. The summed E-state index contributed by atoms with van der Waals surface area (Å²) in [5.74, 6) is -2.35. The Kier molecular flexibility index (Phi) is 4.14. The molecule has 19 heavy (non-hydrogen) atoms. The smallest absolute Gasteiger partial charge is 0.404 e. The molecule has 0 aromatic heterocycles. The molecule has 1 atom stereocenters. The van der Waals surface area contributed by atoms with Crippen LogP contribution >= 0.6 is 0 Å². The highest BCUT2D eigenvalue weighted by molar-refractivity contribution is 5.85. The molecule has 8 heteroatoms. The molecule has 1 rings (SSSR count). The van der Waals surface area contributed by atoms with Gasteiger partial charge in [0, 0.05) is 13.1 Å². The van der Waals surface area contributed by atoms with Crippen molar-refractivity contribution in [2.24, 2.45) is 10.8 Å². The second kappa shape index (κ2) is 4.99. The van der Waals surface area contributed by atoms with Crippen molar-refractivity contribution in [1.82, 2.24) is 10.6 Å². The van der Waals surface area contributed by atoms with Gasteiger partial charge in [-0.2, -0.15) is 13.2 Å². The fourth-order valence-electron chi connectivity index (χ4n) is 1.80. The van der Waals surface area contributed by atoms with Crippen molar-refractivity contribution in [3.63, 3.8) is 0 Å². The lowest BCUT2D eigenvalue weighted by atomic mass is 9.84. The SMILES string of the molecule is CC(C)(CNC(=O)C1(C(F)(F)F)CCNC1)C(=O)O. The van der Waals surface area contributed by atoms with Gasteiger partial charge in [0.15, 0.2) is 5.41 Å². The molecule has 0 spiro atoms. The van der Waals surface area contributed by atoms with E-state index in [9.17, 15) is 22.8 Å². The highest BCUT2D eigenvalue weighted by atomic mass is 19.4. The maximum Gasteiger partial charge on any atom is 0.404 e. The van der Waals surface area contributed by atoms with Crippen LogP contribution in [-0.4, -0.2) is 42.8 Å². The van der Waals surface area contributed by atoms with E-state index in [1.54, 1.807) is 0 Å². The van der Waals surface area contributed by atoms with Crippen molar-refractivity contribution in [3.05, 3.63) is 0 Å².